The molecule has 0 spiro atoms. The second-order valence-corrected chi connectivity index (χ2v) is 4.48. The molecule has 0 saturated carbocycles. The average Bonchev–Trinajstić information content (AvgIpc) is 2.34. The Balaban J connectivity index is 2.11. The van der Waals surface area contributed by atoms with Gasteiger partial charge in [0.1, 0.15) is 11.6 Å². The molecule has 0 aliphatic rings. The number of benzene rings is 2. The van der Waals surface area contributed by atoms with E-state index in [0.717, 1.165) is 5.56 Å². The van der Waals surface area contributed by atoms with Gasteiger partial charge in [-0.15, -0.1) is 0 Å². The normalized spacial score (nSPS) is 10.4. The second kappa shape index (κ2) is 5.36. The first-order valence-corrected chi connectivity index (χ1v) is 5.88. The number of halogens is 3. The summed E-state index contributed by atoms with van der Waals surface area (Å²) in [6.07, 6.45) is 0. The summed E-state index contributed by atoms with van der Waals surface area (Å²) < 4.78 is 26.7. The van der Waals surface area contributed by atoms with Gasteiger partial charge in [0, 0.05) is 17.8 Å². The smallest absolute Gasteiger partial charge is 0.143 e. The van der Waals surface area contributed by atoms with Gasteiger partial charge in [0.05, 0.1) is 5.02 Å². The van der Waals surface area contributed by atoms with Crippen molar-refractivity contribution in [3.63, 3.8) is 0 Å². The second-order valence-electron chi connectivity index (χ2n) is 4.08. The molecule has 2 rings (SSSR count). The molecule has 0 heterocycles. The largest absolute Gasteiger partial charge is 0.381 e. The molecule has 94 valence electrons. The summed E-state index contributed by atoms with van der Waals surface area (Å²) in [5.74, 6) is -0.770. The van der Waals surface area contributed by atoms with E-state index >= 15 is 0 Å². The molecule has 4 heteroatoms. The summed E-state index contributed by atoms with van der Waals surface area (Å²) in [5, 5.41) is 3.03. The summed E-state index contributed by atoms with van der Waals surface area (Å²) >= 11 is 5.58. The molecular weight excluding hydrogens is 256 g/mol. The van der Waals surface area contributed by atoms with E-state index in [2.05, 4.69) is 5.32 Å². The third-order valence-electron chi connectivity index (χ3n) is 2.60. The Morgan fingerprint density at radius 3 is 2.56 bits per heavy atom. The van der Waals surface area contributed by atoms with Crippen LogP contribution >= 0.6 is 11.6 Å². The lowest BCUT2D eigenvalue weighted by Crippen LogP contribution is -2.02. The Hall–Kier alpha value is -1.61. The molecule has 0 aliphatic heterocycles. The zero-order valence-corrected chi connectivity index (χ0v) is 10.6. The summed E-state index contributed by atoms with van der Waals surface area (Å²) in [7, 11) is 0. The predicted molar refractivity (Wildman–Crippen MR) is 69.9 cm³/mol. The number of hydrogen-bond acceptors (Lipinski definition) is 1. The molecule has 0 bridgehead atoms. The van der Waals surface area contributed by atoms with Gasteiger partial charge in [-0.3, -0.25) is 0 Å². The van der Waals surface area contributed by atoms with Crippen molar-refractivity contribution >= 4 is 17.3 Å². The molecule has 0 radical (unpaired) electrons. The van der Waals surface area contributed by atoms with E-state index in [0.29, 0.717) is 17.8 Å². The molecule has 0 aliphatic carbocycles. The van der Waals surface area contributed by atoms with Crippen molar-refractivity contribution in [3.05, 3.63) is 64.2 Å². The highest BCUT2D eigenvalue weighted by molar-refractivity contribution is 6.30. The molecule has 0 fully saturated rings. The molecule has 2 aromatic carbocycles. The molecule has 0 unspecified atom stereocenters. The number of anilines is 1. The highest BCUT2D eigenvalue weighted by Gasteiger charge is 2.04. The fraction of sp³-hybridized carbons (Fsp3) is 0.143. The van der Waals surface area contributed by atoms with Crippen LogP contribution in [0.4, 0.5) is 14.5 Å². The molecule has 0 saturated heterocycles. The van der Waals surface area contributed by atoms with Crippen molar-refractivity contribution in [1.29, 1.82) is 0 Å². The predicted octanol–water partition coefficient (Wildman–Crippen LogP) is 4.54. The van der Waals surface area contributed by atoms with Crippen LogP contribution in [0, 0.1) is 18.6 Å². The molecule has 1 N–H and O–H groups in total. The number of aryl methyl sites for hydroxylation is 1. The molecule has 2 aromatic rings. The monoisotopic (exact) mass is 267 g/mol. The quantitative estimate of drug-likeness (QED) is 0.861. The van der Waals surface area contributed by atoms with Crippen molar-refractivity contribution in [3.8, 4) is 0 Å². The molecule has 0 amide bonds. The Kier molecular flexibility index (Phi) is 3.82. The minimum atomic E-state index is -0.494. The topological polar surface area (TPSA) is 12.0 Å². The van der Waals surface area contributed by atoms with Crippen LogP contribution in [0.25, 0.3) is 0 Å². The van der Waals surface area contributed by atoms with Crippen molar-refractivity contribution in [2.75, 3.05) is 5.32 Å². The molecule has 1 nitrogen and oxygen atoms in total. The van der Waals surface area contributed by atoms with E-state index in [4.69, 9.17) is 11.6 Å². The maximum absolute atomic E-state index is 13.5. The lowest BCUT2D eigenvalue weighted by molar-refractivity contribution is 0.612. The van der Waals surface area contributed by atoms with Gasteiger partial charge in [0.2, 0.25) is 0 Å². The first kappa shape index (κ1) is 12.8. The minimum absolute atomic E-state index is 0.0716. The minimum Gasteiger partial charge on any atom is -0.381 e. The number of rotatable bonds is 3. The lowest BCUT2D eigenvalue weighted by Gasteiger charge is -2.08. The van der Waals surface area contributed by atoms with Gasteiger partial charge in [0.15, 0.2) is 0 Å². The Morgan fingerprint density at radius 1 is 1.06 bits per heavy atom. The SMILES string of the molecule is Cc1ccc(F)c(CNc2ccc(Cl)c(F)c2)c1. The summed E-state index contributed by atoms with van der Waals surface area (Å²) in [6, 6.07) is 9.30. The zero-order chi connectivity index (χ0) is 13.1. The van der Waals surface area contributed by atoms with Crippen LogP contribution in [0.1, 0.15) is 11.1 Å². The zero-order valence-electron chi connectivity index (χ0n) is 9.81. The first-order chi connectivity index (χ1) is 8.56. The van der Waals surface area contributed by atoms with Crippen LogP contribution < -0.4 is 5.32 Å². The fourth-order valence-electron chi connectivity index (χ4n) is 1.64. The van der Waals surface area contributed by atoms with Gasteiger partial charge in [-0.25, -0.2) is 8.78 Å². The van der Waals surface area contributed by atoms with E-state index in [1.54, 1.807) is 18.2 Å². The van der Waals surface area contributed by atoms with E-state index in [-0.39, 0.29) is 10.8 Å². The third kappa shape index (κ3) is 2.99. The van der Waals surface area contributed by atoms with E-state index in [9.17, 15) is 8.78 Å². The molecule has 0 aromatic heterocycles. The van der Waals surface area contributed by atoms with Gasteiger partial charge < -0.3 is 5.32 Å². The van der Waals surface area contributed by atoms with Crippen LogP contribution in [0.5, 0.6) is 0 Å². The van der Waals surface area contributed by atoms with Gasteiger partial charge in [-0.1, -0.05) is 29.3 Å². The first-order valence-electron chi connectivity index (χ1n) is 5.50. The fourth-order valence-corrected chi connectivity index (χ4v) is 1.76. The number of hydrogen-bond donors (Lipinski definition) is 1. The van der Waals surface area contributed by atoms with Crippen LogP contribution in [-0.2, 0) is 6.54 Å². The van der Waals surface area contributed by atoms with Crippen molar-refractivity contribution in [2.24, 2.45) is 0 Å². The maximum atomic E-state index is 13.5. The van der Waals surface area contributed by atoms with Gasteiger partial charge in [0.25, 0.3) is 0 Å². The van der Waals surface area contributed by atoms with Crippen molar-refractivity contribution in [1.82, 2.24) is 0 Å². The van der Waals surface area contributed by atoms with Crippen molar-refractivity contribution < 1.29 is 8.78 Å². The Morgan fingerprint density at radius 2 is 1.83 bits per heavy atom. The molecule has 18 heavy (non-hydrogen) atoms. The standard InChI is InChI=1S/C14H12ClF2N/c1-9-2-5-13(16)10(6-9)8-18-11-3-4-12(15)14(17)7-11/h2-7,18H,8H2,1H3. The number of nitrogens with one attached hydrogen (secondary N) is 1. The highest BCUT2D eigenvalue weighted by Crippen LogP contribution is 2.19. The summed E-state index contributed by atoms with van der Waals surface area (Å²) in [6.45, 7) is 2.19. The Labute approximate surface area is 109 Å². The van der Waals surface area contributed by atoms with Gasteiger partial charge in [-0.2, -0.15) is 0 Å². The summed E-state index contributed by atoms with van der Waals surface area (Å²) in [5.41, 5.74) is 2.10. The van der Waals surface area contributed by atoms with Crippen LogP contribution in [-0.4, -0.2) is 0 Å². The highest BCUT2D eigenvalue weighted by atomic mass is 35.5. The summed E-state index contributed by atoms with van der Waals surface area (Å²) in [4.78, 5) is 0. The van der Waals surface area contributed by atoms with Crippen molar-refractivity contribution in [2.45, 2.75) is 13.5 Å². The maximum Gasteiger partial charge on any atom is 0.143 e. The van der Waals surface area contributed by atoms with E-state index in [1.165, 1.54) is 18.2 Å². The van der Waals surface area contributed by atoms with Gasteiger partial charge in [-0.05, 0) is 31.2 Å². The molecular formula is C14H12ClF2N. The van der Waals surface area contributed by atoms with E-state index < -0.39 is 5.82 Å². The van der Waals surface area contributed by atoms with Crippen LogP contribution in [0.2, 0.25) is 5.02 Å². The van der Waals surface area contributed by atoms with Gasteiger partial charge >= 0.3 is 0 Å². The van der Waals surface area contributed by atoms with Crippen LogP contribution in [0.15, 0.2) is 36.4 Å². The molecule has 0 atom stereocenters. The lowest BCUT2D eigenvalue weighted by atomic mass is 10.1. The third-order valence-corrected chi connectivity index (χ3v) is 2.91. The van der Waals surface area contributed by atoms with Crippen LogP contribution in [0.3, 0.4) is 0 Å². The van der Waals surface area contributed by atoms with E-state index in [1.807, 2.05) is 6.92 Å². The Bertz CT molecular complexity index is 570. The average molecular weight is 268 g/mol.